The predicted molar refractivity (Wildman–Crippen MR) is 121 cm³/mol. The summed E-state index contributed by atoms with van der Waals surface area (Å²) in [6, 6.07) is 2.57. The summed E-state index contributed by atoms with van der Waals surface area (Å²) >= 11 is 3.45. The Morgan fingerprint density at radius 2 is 1.69 bits per heavy atom. The Morgan fingerprint density at radius 3 is 2.25 bits per heavy atom. The quantitative estimate of drug-likeness (QED) is 0.365. The average molecular weight is 503 g/mol. The van der Waals surface area contributed by atoms with Gasteiger partial charge in [0, 0.05) is 10.2 Å². The van der Waals surface area contributed by atoms with E-state index in [1.54, 1.807) is 19.9 Å². The highest BCUT2D eigenvalue weighted by molar-refractivity contribution is 9.10. The fourth-order valence-electron chi connectivity index (χ4n) is 5.21. The van der Waals surface area contributed by atoms with Gasteiger partial charge in [0.2, 0.25) is 11.8 Å². The van der Waals surface area contributed by atoms with Crippen molar-refractivity contribution < 1.29 is 23.9 Å². The Balaban J connectivity index is 1.42. The standard InChI is InChI=1S/C24H27BrN2O5/c1-11(2)21(27-22(29)19-14-5-6-15(9-14)20(19)23(27)30)24(31)32-10-18(28)26-17-8-7-16(25)12(3)13(17)4/h5-8,11,14-15,19-21H,9-10H2,1-4H3,(H,26,28)/t14-,15-,19-,20+,21-/m0/s1. The second-order valence-corrected chi connectivity index (χ2v) is 10.1. The Kier molecular flexibility index (Phi) is 6.00. The van der Waals surface area contributed by atoms with E-state index in [2.05, 4.69) is 21.2 Å². The Hall–Kier alpha value is -2.48. The smallest absolute Gasteiger partial charge is 0.330 e. The lowest BCUT2D eigenvalue weighted by Gasteiger charge is -2.28. The van der Waals surface area contributed by atoms with Crippen molar-refractivity contribution in [3.63, 3.8) is 0 Å². The van der Waals surface area contributed by atoms with Crippen molar-refractivity contribution in [2.24, 2.45) is 29.6 Å². The highest BCUT2D eigenvalue weighted by atomic mass is 79.9. The molecule has 32 heavy (non-hydrogen) atoms. The first-order valence-corrected chi connectivity index (χ1v) is 11.7. The van der Waals surface area contributed by atoms with Gasteiger partial charge in [-0.15, -0.1) is 0 Å². The average Bonchev–Trinajstić information content (AvgIpc) is 3.42. The number of imide groups is 1. The number of likely N-dealkylation sites (tertiary alicyclic amines) is 1. The lowest BCUT2D eigenvalue weighted by molar-refractivity contribution is -0.162. The molecular weight excluding hydrogens is 476 g/mol. The zero-order valence-corrected chi connectivity index (χ0v) is 20.1. The maximum Gasteiger partial charge on any atom is 0.330 e. The van der Waals surface area contributed by atoms with Gasteiger partial charge in [-0.3, -0.25) is 19.3 Å². The van der Waals surface area contributed by atoms with Crippen LogP contribution in [-0.4, -0.2) is 41.2 Å². The van der Waals surface area contributed by atoms with E-state index in [0.717, 1.165) is 26.9 Å². The largest absolute Gasteiger partial charge is 0.454 e. The van der Waals surface area contributed by atoms with Crippen molar-refractivity contribution in [3.05, 3.63) is 39.9 Å². The van der Waals surface area contributed by atoms with Gasteiger partial charge in [0.15, 0.2) is 6.61 Å². The topological polar surface area (TPSA) is 92.8 Å². The molecule has 2 aliphatic carbocycles. The summed E-state index contributed by atoms with van der Waals surface area (Å²) in [4.78, 5) is 52.6. The van der Waals surface area contributed by atoms with Crippen molar-refractivity contribution in [1.82, 2.24) is 4.90 Å². The number of rotatable bonds is 6. The second-order valence-electron chi connectivity index (χ2n) is 9.24. The summed E-state index contributed by atoms with van der Waals surface area (Å²) in [5.41, 5.74) is 2.54. The Labute approximate surface area is 195 Å². The molecule has 1 aromatic rings. The highest BCUT2D eigenvalue weighted by Gasteiger charge is 2.61. The van der Waals surface area contributed by atoms with Crippen molar-refractivity contribution in [2.45, 2.75) is 40.2 Å². The lowest BCUT2D eigenvalue weighted by Crippen LogP contribution is -2.50. The monoisotopic (exact) mass is 502 g/mol. The Bertz CT molecular complexity index is 1000. The van der Waals surface area contributed by atoms with E-state index >= 15 is 0 Å². The first-order chi connectivity index (χ1) is 15.1. The maximum absolute atomic E-state index is 13.1. The number of esters is 1. The van der Waals surface area contributed by atoms with Crippen LogP contribution in [0.3, 0.4) is 0 Å². The SMILES string of the molecule is Cc1c(Br)ccc(NC(=O)COC(=O)[C@H](C(C)C)N2C(=O)[C@@H]3[C@H](C2=O)[C@H]2C=C[C@H]3C2)c1C. The molecule has 170 valence electrons. The van der Waals surface area contributed by atoms with E-state index in [1.165, 1.54) is 0 Å². The molecule has 4 rings (SSSR count). The summed E-state index contributed by atoms with van der Waals surface area (Å²) in [5, 5.41) is 2.75. The molecule has 8 heteroatoms. The molecule has 0 spiro atoms. The zero-order valence-electron chi connectivity index (χ0n) is 18.6. The normalized spacial score (nSPS) is 26.6. The number of allylic oxidation sites excluding steroid dienone is 2. The second kappa shape index (κ2) is 8.46. The third kappa shape index (κ3) is 3.68. The number of benzene rings is 1. The first kappa shape index (κ1) is 22.7. The van der Waals surface area contributed by atoms with Crippen molar-refractivity contribution >= 4 is 45.3 Å². The molecule has 3 aliphatic rings. The third-order valence-electron chi connectivity index (χ3n) is 7.00. The van der Waals surface area contributed by atoms with Crippen LogP contribution in [0.25, 0.3) is 0 Å². The molecule has 1 N–H and O–H groups in total. The summed E-state index contributed by atoms with van der Waals surface area (Å²) < 4.78 is 6.21. The highest BCUT2D eigenvalue weighted by Crippen LogP contribution is 2.53. The van der Waals surface area contributed by atoms with Crippen LogP contribution in [0.2, 0.25) is 0 Å². The lowest BCUT2D eigenvalue weighted by atomic mass is 9.85. The molecule has 1 heterocycles. The number of hydrogen-bond donors (Lipinski definition) is 1. The van der Waals surface area contributed by atoms with Crippen molar-refractivity contribution in [1.29, 1.82) is 0 Å². The summed E-state index contributed by atoms with van der Waals surface area (Å²) in [6.45, 7) is 6.86. The van der Waals surface area contributed by atoms with Gasteiger partial charge in [-0.05, 0) is 61.3 Å². The number of amides is 3. The molecule has 5 atom stereocenters. The minimum absolute atomic E-state index is 0.0682. The summed E-state index contributed by atoms with van der Waals surface area (Å²) in [7, 11) is 0. The van der Waals surface area contributed by atoms with Crippen LogP contribution in [0.5, 0.6) is 0 Å². The van der Waals surface area contributed by atoms with Gasteiger partial charge in [0.05, 0.1) is 11.8 Å². The predicted octanol–water partition coefficient (Wildman–Crippen LogP) is 3.38. The van der Waals surface area contributed by atoms with E-state index < -0.39 is 24.5 Å². The molecule has 1 aromatic carbocycles. The van der Waals surface area contributed by atoms with Gasteiger partial charge >= 0.3 is 5.97 Å². The number of ether oxygens (including phenoxy) is 1. The fourth-order valence-corrected chi connectivity index (χ4v) is 5.64. The number of nitrogens with zero attached hydrogens (tertiary/aromatic N) is 1. The number of anilines is 1. The minimum Gasteiger partial charge on any atom is -0.454 e. The van der Waals surface area contributed by atoms with Gasteiger partial charge < -0.3 is 10.1 Å². The molecule has 0 unspecified atom stereocenters. The van der Waals surface area contributed by atoms with Crippen LogP contribution >= 0.6 is 15.9 Å². The van der Waals surface area contributed by atoms with E-state index in [-0.39, 0.29) is 41.4 Å². The number of hydrogen-bond acceptors (Lipinski definition) is 5. The minimum atomic E-state index is -1.04. The fraction of sp³-hybridized carbons (Fsp3) is 0.500. The number of fused-ring (bicyclic) bond motifs is 5. The molecule has 0 radical (unpaired) electrons. The van der Waals surface area contributed by atoms with Gasteiger partial charge in [-0.2, -0.15) is 0 Å². The van der Waals surface area contributed by atoms with Gasteiger partial charge in [-0.1, -0.05) is 41.9 Å². The molecule has 1 saturated heterocycles. The van der Waals surface area contributed by atoms with Crippen LogP contribution in [0.4, 0.5) is 5.69 Å². The zero-order chi connectivity index (χ0) is 23.3. The molecule has 7 nitrogen and oxygen atoms in total. The van der Waals surface area contributed by atoms with Crippen LogP contribution in [0.1, 0.15) is 31.4 Å². The van der Waals surface area contributed by atoms with E-state index in [9.17, 15) is 19.2 Å². The van der Waals surface area contributed by atoms with Crippen molar-refractivity contribution in [3.8, 4) is 0 Å². The molecule has 3 amide bonds. The maximum atomic E-state index is 13.1. The van der Waals surface area contributed by atoms with E-state index in [4.69, 9.17) is 4.74 Å². The molecular formula is C24H27BrN2O5. The summed E-state index contributed by atoms with van der Waals surface area (Å²) in [5.74, 6) is -2.76. The molecule has 2 bridgehead atoms. The number of carbonyl (C=O) groups excluding carboxylic acids is 4. The molecule has 1 saturated carbocycles. The van der Waals surface area contributed by atoms with Gasteiger partial charge in [0.1, 0.15) is 6.04 Å². The van der Waals surface area contributed by atoms with Crippen LogP contribution < -0.4 is 5.32 Å². The molecule has 2 fully saturated rings. The number of halogens is 1. The van der Waals surface area contributed by atoms with Crippen LogP contribution in [-0.2, 0) is 23.9 Å². The molecule has 1 aliphatic heterocycles. The third-order valence-corrected chi connectivity index (χ3v) is 7.86. The van der Waals surface area contributed by atoms with Crippen LogP contribution in [0.15, 0.2) is 28.8 Å². The Morgan fingerprint density at radius 1 is 1.09 bits per heavy atom. The first-order valence-electron chi connectivity index (χ1n) is 10.9. The van der Waals surface area contributed by atoms with E-state index in [1.807, 2.05) is 32.1 Å². The van der Waals surface area contributed by atoms with Crippen LogP contribution in [0, 0.1) is 43.4 Å². The molecule has 0 aromatic heterocycles. The number of carbonyl (C=O) groups is 4. The van der Waals surface area contributed by atoms with Gasteiger partial charge in [0.25, 0.3) is 5.91 Å². The number of nitrogens with one attached hydrogen (secondary N) is 1. The van der Waals surface area contributed by atoms with Crippen molar-refractivity contribution in [2.75, 3.05) is 11.9 Å². The van der Waals surface area contributed by atoms with E-state index in [0.29, 0.717) is 5.69 Å². The van der Waals surface area contributed by atoms with Gasteiger partial charge in [-0.25, -0.2) is 4.79 Å². The summed E-state index contributed by atoms with van der Waals surface area (Å²) in [6.07, 6.45) is 4.85.